The molecule has 1 amide bonds. The predicted molar refractivity (Wildman–Crippen MR) is 75.6 cm³/mol. The second kappa shape index (κ2) is 8.97. The Kier molecular flexibility index (Phi) is 8.06. The molecular weight excluding hydrogens is 258 g/mol. The highest BCUT2D eigenvalue weighted by Gasteiger charge is 2.18. The van der Waals surface area contributed by atoms with Crippen molar-refractivity contribution in [2.24, 2.45) is 5.92 Å². The SMILES string of the molecule is CCC(C)NC(=O)/C(C#N)=C\NC(CC(C)C)C(=O)O. The van der Waals surface area contributed by atoms with Crippen LogP contribution in [0.4, 0.5) is 0 Å². The van der Waals surface area contributed by atoms with Gasteiger partial charge >= 0.3 is 5.97 Å². The van der Waals surface area contributed by atoms with Crippen LogP contribution in [0.2, 0.25) is 0 Å². The summed E-state index contributed by atoms with van der Waals surface area (Å²) in [7, 11) is 0. The number of carboxylic acid groups (broad SMARTS) is 1. The maximum atomic E-state index is 11.8. The van der Waals surface area contributed by atoms with E-state index >= 15 is 0 Å². The van der Waals surface area contributed by atoms with Gasteiger partial charge in [-0.05, 0) is 25.7 Å². The molecule has 0 aliphatic rings. The van der Waals surface area contributed by atoms with E-state index in [1.165, 1.54) is 6.20 Å². The van der Waals surface area contributed by atoms with Crippen LogP contribution in [0.3, 0.4) is 0 Å². The third kappa shape index (κ3) is 6.78. The summed E-state index contributed by atoms with van der Waals surface area (Å²) in [5.41, 5.74) is -0.125. The zero-order chi connectivity index (χ0) is 15.7. The smallest absolute Gasteiger partial charge is 0.326 e. The van der Waals surface area contributed by atoms with Crippen molar-refractivity contribution in [1.29, 1.82) is 5.26 Å². The average Bonchev–Trinajstić information content (AvgIpc) is 2.37. The topological polar surface area (TPSA) is 102 Å². The lowest BCUT2D eigenvalue weighted by atomic mass is 10.0. The molecule has 0 saturated carbocycles. The number of carboxylic acids is 1. The lowest BCUT2D eigenvalue weighted by Gasteiger charge is -2.15. The van der Waals surface area contributed by atoms with Crippen LogP contribution in [-0.4, -0.2) is 29.1 Å². The van der Waals surface area contributed by atoms with Crippen LogP contribution in [0.1, 0.15) is 40.5 Å². The standard InChI is InChI=1S/C14H23N3O3/c1-5-10(4)17-13(18)11(7-15)8-16-12(14(19)20)6-9(2)3/h8-10,12,16H,5-6H2,1-4H3,(H,17,18)(H,19,20)/b11-8-. The van der Waals surface area contributed by atoms with Crippen LogP contribution >= 0.6 is 0 Å². The Morgan fingerprint density at radius 2 is 1.95 bits per heavy atom. The first-order valence-electron chi connectivity index (χ1n) is 6.71. The fourth-order valence-electron chi connectivity index (χ4n) is 1.45. The lowest BCUT2D eigenvalue weighted by Crippen LogP contribution is -2.37. The second-order valence-corrected chi connectivity index (χ2v) is 5.14. The number of carbonyl (C=O) groups excluding carboxylic acids is 1. The largest absolute Gasteiger partial charge is 0.480 e. The molecule has 0 spiro atoms. The van der Waals surface area contributed by atoms with Crippen molar-refractivity contribution >= 4 is 11.9 Å². The quantitative estimate of drug-likeness (QED) is 0.461. The lowest BCUT2D eigenvalue weighted by molar-refractivity contribution is -0.139. The molecule has 0 radical (unpaired) electrons. The second-order valence-electron chi connectivity index (χ2n) is 5.14. The number of hydrogen-bond acceptors (Lipinski definition) is 4. The van der Waals surface area contributed by atoms with Gasteiger partial charge in [0.05, 0.1) is 0 Å². The van der Waals surface area contributed by atoms with Crippen molar-refractivity contribution in [1.82, 2.24) is 10.6 Å². The van der Waals surface area contributed by atoms with E-state index in [2.05, 4.69) is 10.6 Å². The summed E-state index contributed by atoms with van der Waals surface area (Å²) in [6.45, 7) is 7.56. The third-order valence-corrected chi connectivity index (χ3v) is 2.79. The Hall–Kier alpha value is -2.03. The van der Waals surface area contributed by atoms with Crippen LogP contribution in [0.25, 0.3) is 0 Å². The zero-order valence-electron chi connectivity index (χ0n) is 12.4. The number of nitriles is 1. The molecule has 2 atom stereocenters. The number of carbonyl (C=O) groups is 2. The number of nitrogens with zero attached hydrogens (tertiary/aromatic N) is 1. The summed E-state index contributed by atoms with van der Waals surface area (Å²) < 4.78 is 0. The van der Waals surface area contributed by atoms with Crippen molar-refractivity contribution in [2.75, 3.05) is 0 Å². The maximum Gasteiger partial charge on any atom is 0.326 e. The molecule has 0 aromatic rings. The first kappa shape index (κ1) is 18.0. The Bertz CT molecular complexity index is 410. The molecule has 6 heteroatoms. The molecule has 6 nitrogen and oxygen atoms in total. The average molecular weight is 281 g/mol. The van der Waals surface area contributed by atoms with E-state index in [-0.39, 0.29) is 17.5 Å². The van der Waals surface area contributed by atoms with Crippen molar-refractivity contribution < 1.29 is 14.7 Å². The fraction of sp³-hybridized carbons (Fsp3) is 0.643. The third-order valence-electron chi connectivity index (χ3n) is 2.79. The van der Waals surface area contributed by atoms with Gasteiger partial charge in [-0.15, -0.1) is 0 Å². The Morgan fingerprint density at radius 3 is 2.35 bits per heavy atom. The summed E-state index contributed by atoms with van der Waals surface area (Å²) in [4.78, 5) is 22.8. The molecule has 0 rings (SSSR count). The molecule has 0 aromatic carbocycles. The van der Waals surface area contributed by atoms with Crippen molar-refractivity contribution in [3.63, 3.8) is 0 Å². The minimum atomic E-state index is -1.01. The monoisotopic (exact) mass is 281 g/mol. The normalized spacial score (nSPS) is 14.3. The molecule has 20 heavy (non-hydrogen) atoms. The fourth-order valence-corrected chi connectivity index (χ4v) is 1.45. The molecule has 3 N–H and O–H groups in total. The molecule has 112 valence electrons. The first-order valence-corrected chi connectivity index (χ1v) is 6.71. The van der Waals surface area contributed by atoms with Crippen LogP contribution in [0, 0.1) is 17.2 Å². The first-order chi connectivity index (χ1) is 9.31. The maximum absolute atomic E-state index is 11.8. The number of rotatable bonds is 8. The van der Waals surface area contributed by atoms with Crippen LogP contribution in [0.15, 0.2) is 11.8 Å². The Balaban J connectivity index is 4.76. The van der Waals surface area contributed by atoms with Gasteiger partial charge < -0.3 is 15.7 Å². The van der Waals surface area contributed by atoms with Gasteiger partial charge in [0.15, 0.2) is 0 Å². The van der Waals surface area contributed by atoms with Crippen LogP contribution in [-0.2, 0) is 9.59 Å². The Labute approximate surface area is 119 Å². The summed E-state index contributed by atoms with van der Waals surface area (Å²) in [5, 5.41) is 23.3. The Morgan fingerprint density at radius 1 is 1.35 bits per heavy atom. The summed E-state index contributed by atoms with van der Waals surface area (Å²) in [6, 6.07) is 0.925. The molecule has 0 heterocycles. The van der Waals surface area contributed by atoms with Gasteiger partial charge in [-0.2, -0.15) is 5.26 Å². The van der Waals surface area contributed by atoms with Crippen molar-refractivity contribution in [2.45, 2.75) is 52.6 Å². The predicted octanol–water partition coefficient (Wildman–Crippen LogP) is 1.40. The van der Waals surface area contributed by atoms with Crippen LogP contribution in [0.5, 0.6) is 0 Å². The van der Waals surface area contributed by atoms with Gasteiger partial charge in [0, 0.05) is 12.2 Å². The number of nitrogens with one attached hydrogen (secondary N) is 2. The van der Waals surface area contributed by atoms with Gasteiger partial charge in [-0.25, -0.2) is 4.79 Å². The van der Waals surface area contributed by atoms with Gasteiger partial charge in [0.2, 0.25) is 0 Å². The highest BCUT2D eigenvalue weighted by molar-refractivity contribution is 5.97. The summed E-state index contributed by atoms with van der Waals surface area (Å²) in [6.07, 6.45) is 2.35. The van der Waals surface area contributed by atoms with Gasteiger partial charge in [0.1, 0.15) is 17.7 Å². The molecule has 0 fully saturated rings. The highest BCUT2D eigenvalue weighted by Crippen LogP contribution is 2.05. The molecule has 0 aliphatic heterocycles. The van der Waals surface area contributed by atoms with Gasteiger partial charge in [0.25, 0.3) is 5.91 Å². The van der Waals surface area contributed by atoms with Gasteiger partial charge in [-0.1, -0.05) is 20.8 Å². The number of aliphatic carboxylic acids is 1. The zero-order valence-corrected chi connectivity index (χ0v) is 12.4. The number of amides is 1. The van der Waals surface area contributed by atoms with E-state index in [1.54, 1.807) is 6.07 Å². The van der Waals surface area contributed by atoms with E-state index in [9.17, 15) is 9.59 Å². The van der Waals surface area contributed by atoms with E-state index < -0.39 is 17.9 Å². The van der Waals surface area contributed by atoms with Gasteiger partial charge in [-0.3, -0.25) is 4.79 Å². The van der Waals surface area contributed by atoms with Crippen molar-refractivity contribution in [3.05, 3.63) is 11.8 Å². The molecular formula is C14H23N3O3. The van der Waals surface area contributed by atoms with Crippen LogP contribution < -0.4 is 10.6 Å². The molecule has 2 unspecified atom stereocenters. The highest BCUT2D eigenvalue weighted by atomic mass is 16.4. The molecule has 0 aliphatic carbocycles. The van der Waals surface area contributed by atoms with E-state index in [0.717, 1.165) is 6.42 Å². The molecule has 0 bridgehead atoms. The summed E-state index contributed by atoms with van der Waals surface area (Å²) in [5.74, 6) is -1.31. The summed E-state index contributed by atoms with van der Waals surface area (Å²) >= 11 is 0. The minimum Gasteiger partial charge on any atom is -0.480 e. The van der Waals surface area contributed by atoms with E-state index in [1.807, 2.05) is 27.7 Å². The molecule has 0 aromatic heterocycles. The van der Waals surface area contributed by atoms with E-state index in [0.29, 0.717) is 6.42 Å². The number of hydrogen-bond donors (Lipinski definition) is 3. The van der Waals surface area contributed by atoms with Crippen molar-refractivity contribution in [3.8, 4) is 6.07 Å². The minimum absolute atomic E-state index is 0.0369. The van der Waals surface area contributed by atoms with E-state index in [4.69, 9.17) is 10.4 Å². The molecule has 0 saturated heterocycles.